The van der Waals surface area contributed by atoms with Crippen molar-refractivity contribution in [3.8, 4) is 17.2 Å². The van der Waals surface area contributed by atoms with E-state index in [0.29, 0.717) is 29.7 Å². The van der Waals surface area contributed by atoms with Crippen LogP contribution in [0.4, 0.5) is 5.13 Å². The summed E-state index contributed by atoms with van der Waals surface area (Å²) < 4.78 is 10.5. The first-order chi connectivity index (χ1) is 14.3. The van der Waals surface area contributed by atoms with Crippen molar-refractivity contribution >= 4 is 28.3 Å². The molecule has 1 aromatic carbocycles. The smallest absolute Gasteiger partial charge is 0.270 e. The lowest BCUT2D eigenvalue weighted by Gasteiger charge is -2.39. The molecule has 0 radical (unpaired) electrons. The number of rotatable bonds is 4. The number of aromatic hydroxyl groups is 1. The number of thiazole rings is 1. The molecule has 1 atom stereocenters. The monoisotopic (exact) mass is 434 g/mol. The van der Waals surface area contributed by atoms with Gasteiger partial charge in [0.1, 0.15) is 11.4 Å². The number of ether oxygens (including phenoxy) is 2. The first-order valence-electron chi connectivity index (χ1n) is 9.56. The van der Waals surface area contributed by atoms with Crippen molar-refractivity contribution in [2.75, 3.05) is 32.2 Å². The quantitative estimate of drug-likeness (QED) is 0.761. The Hall–Kier alpha value is -2.85. The molecule has 30 heavy (non-hydrogen) atoms. The lowest BCUT2D eigenvalue weighted by Crippen LogP contribution is -2.54. The molecular weight excluding hydrogens is 408 g/mol. The topological polar surface area (TPSA) is 104 Å². The van der Waals surface area contributed by atoms with Crippen LogP contribution in [0, 0.1) is 0 Å². The highest BCUT2D eigenvalue weighted by Gasteiger charge is 2.34. The molecule has 0 aliphatic carbocycles. The first kappa shape index (κ1) is 21.8. The Bertz CT molecular complexity index is 945. The van der Waals surface area contributed by atoms with E-state index in [-0.39, 0.29) is 35.1 Å². The molecule has 2 heterocycles. The number of carbonyl (C=O) groups is 2. The van der Waals surface area contributed by atoms with Gasteiger partial charge in [0, 0.05) is 36.6 Å². The molecule has 1 aliphatic heterocycles. The number of aromatic nitrogens is 1. The molecule has 2 aromatic rings. The normalized spacial score (nSPS) is 17.6. The Kier molecular flexibility index (Phi) is 6.47. The maximum atomic E-state index is 13.6. The average molecular weight is 435 g/mol. The summed E-state index contributed by atoms with van der Waals surface area (Å²) >= 11 is 1.20. The SMILES string of the molecule is COc1cc(O)c(C(=O)N2c3nc(cs3)C(=O)NCCN(C(C)C)C2C)cc1OC. The number of methoxy groups -OCH3 is 2. The molecule has 0 saturated heterocycles. The van der Waals surface area contributed by atoms with Crippen LogP contribution in [0.2, 0.25) is 0 Å². The molecule has 1 unspecified atom stereocenters. The Morgan fingerprint density at radius 3 is 2.60 bits per heavy atom. The standard InChI is InChI=1S/C20H26N4O5S/c1-11(2)23-7-6-21-18(26)14-10-30-20(22-14)24(12(23)3)19(27)13-8-16(28-4)17(29-5)9-15(13)25/h8-12,25H,6-7H2,1-5H3,(H,21,26). The summed E-state index contributed by atoms with van der Waals surface area (Å²) in [4.78, 5) is 33.9. The molecule has 0 saturated carbocycles. The van der Waals surface area contributed by atoms with E-state index < -0.39 is 5.91 Å². The van der Waals surface area contributed by atoms with Crippen molar-refractivity contribution in [3.63, 3.8) is 0 Å². The van der Waals surface area contributed by atoms with Crippen LogP contribution in [0.15, 0.2) is 17.5 Å². The molecule has 2 N–H and O–H groups in total. The number of phenolic OH excluding ortho intramolecular Hbond substituents is 1. The van der Waals surface area contributed by atoms with E-state index in [4.69, 9.17) is 9.47 Å². The molecule has 9 nitrogen and oxygen atoms in total. The van der Waals surface area contributed by atoms with Crippen molar-refractivity contribution in [2.24, 2.45) is 0 Å². The summed E-state index contributed by atoms with van der Waals surface area (Å²) in [5.74, 6) is -0.317. The molecule has 2 amide bonds. The third-order valence-corrected chi connectivity index (χ3v) is 5.89. The second kappa shape index (κ2) is 8.88. The van der Waals surface area contributed by atoms with Crippen LogP contribution in [-0.2, 0) is 0 Å². The maximum Gasteiger partial charge on any atom is 0.270 e. The van der Waals surface area contributed by atoms with E-state index in [0.717, 1.165) is 0 Å². The summed E-state index contributed by atoms with van der Waals surface area (Å²) in [6.45, 7) is 6.93. The van der Waals surface area contributed by atoms with Gasteiger partial charge in [-0.1, -0.05) is 0 Å². The Morgan fingerprint density at radius 1 is 1.30 bits per heavy atom. The van der Waals surface area contributed by atoms with Crippen LogP contribution in [0.5, 0.6) is 17.2 Å². The van der Waals surface area contributed by atoms with Gasteiger partial charge in [0.25, 0.3) is 11.8 Å². The highest BCUT2D eigenvalue weighted by Crippen LogP contribution is 2.36. The van der Waals surface area contributed by atoms with E-state index in [1.54, 1.807) is 5.38 Å². The first-order valence-corrected chi connectivity index (χ1v) is 10.4. The van der Waals surface area contributed by atoms with Gasteiger partial charge in [0.2, 0.25) is 0 Å². The number of nitrogens with one attached hydrogen (secondary N) is 1. The number of fused-ring (bicyclic) bond motifs is 2. The van der Waals surface area contributed by atoms with E-state index in [9.17, 15) is 14.7 Å². The zero-order valence-corrected chi connectivity index (χ0v) is 18.4. The highest BCUT2D eigenvalue weighted by atomic mass is 32.1. The van der Waals surface area contributed by atoms with Crippen LogP contribution >= 0.6 is 11.3 Å². The Morgan fingerprint density at radius 2 is 1.97 bits per heavy atom. The minimum atomic E-state index is -0.450. The zero-order valence-electron chi connectivity index (χ0n) is 17.6. The lowest BCUT2D eigenvalue weighted by molar-refractivity contribution is 0.0870. The van der Waals surface area contributed by atoms with Crippen LogP contribution in [0.3, 0.4) is 0 Å². The molecule has 0 fully saturated rings. The van der Waals surface area contributed by atoms with Crippen molar-refractivity contribution in [1.29, 1.82) is 0 Å². The van der Waals surface area contributed by atoms with Crippen molar-refractivity contribution in [1.82, 2.24) is 15.2 Å². The van der Waals surface area contributed by atoms with Gasteiger partial charge < -0.3 is 19.9 Å². The predicted octanol–water partition coefficient (Wildman–Crippen LogP) is 2.31. The molecule has 162 valence electrons. The van der Waals surface area contributed by atoms with Crippen molar-refractivity contribution in [2.45, 2.75) is 33.0 Å². The fraction of sp³-hybridized carbons (Fsp3) is 0.450. The van der Waals surface area contributed by atoms with E-state index >= 15 is 0 Å². The number of carbonyl (C=O) groups excluding carboxylic acids is 2. The molecule has 10 heteroatoms. The largest absolute Gasteiger partial charge is 0.507 e. The number of phenols is 1. The number of nitrogens with zero attached hydrogens (tertiary/aromatic N) is 3. The van der Waals surface area contributed by atoms with Crippen molar-refractivity contribution in [3.05, 3.63) is 28.8 Å². The summed E-state index contributed by atoms with van der Waals surface area (Å²) in [6, 6.07) is 2.90. The Balaban J connectivity index is 2.12. The molecule has 2 bridgehead atoms. The zero-order chi connectivity index (χ0) is 22.0. The third kappa shape index (κ3) is 4.05. The van der Waals surface area contributed by atoms with Crippen LogP contribution < -0.4 is 19.7 Å². The van der Waals surface area contributed by atoms with Gasteiger partial charge >= 0.3 is 0 Å². The predicted molar refractivity (Wildman–Crippen MR) is 114 cm³/mol. The van der Waals surface area contributed by atoms with E-state index in [1.165, 1.54) is 42.6 Å². The number of hydrogen-bond donors (Lipinski definition) is 2. The number of hydrogen-bond acceptors (Lipinski definition) is 8. The summed E-state index contributed by atoms with van der Waals surface area (Å²) in [5.41, 5.74) is 0.316. The minimum Gasteiger partial charge on any atom is -0.507 e. The van der Waals surface area contributed by atoms with E-state index in [1.807, 2.05) is 20.8 Å². The van der Waals surface area contributed by atoms with Gasteiger partial charge in [0.15, 0.2) is 16.6 Å². The van der Waals surface area contributed by atoms with Gasteiger partial charge in [-0.2, -0.15) is 0 Å². The number of amides is 2. The van der Waals surface area contributed by atoms with Gasteiger partial charge in [-0.15, -0.1) is 11.3 Å². The maximum absolute atomic E-state index is 13.6. The Labute approximate surface area is 179 Å². The second-order valence-electron chi connectivity index (χ2n) is 7.13. The minimum absolute atomic E-state index is 0.0569. The van der Waals surface area contributed by atoms with Gasteiger partial charge in [0.05, 0.1) is 25.9 Å². The summed E-state index contributed by atoms with van der Waals surface area (Å²) in [6.07, 6.45) is -0.376. The van der Waals surface area contributed by atoms with Gasteiger partial charge in [-0.3, -0.25) is 19.4 Å². The molecular formula is C20H26N4O5S. The van der Waals surface area contributed by atoms with Gasteiger partial charge in [-0.25, -0.2) is 4.98 Å². The van der Waals surface area contributed by atoms with Crippen LogP contribution in [0.25, 0.3) is 0 Å². The van der Waals surface area contributed by atoms with Crippen molar-refractivity contribution < 1.29 is 24.2 Å². The fourth-order valence-electron chi connectivity index (χ4n) is 3.48. The van der Waals surface area contributed by atoms with E-state index in [2.05, 4.69) is 15.2 Å². The highest BCUT2D eigenvalue weighted by molar-refractivity contribution is 7.14. The van der Waals surface area contributed by atoms with Gasteiger partial charge in [-0.05, 0) is 20.8 Å². The molecule has 1 aliphatic rings. The molecule has 1 aromatic heterocycles. The second-order valence-corrected chi connectivity index (χ2v) is 7.97. The van der Waals surface area contributed by atoms with Crippen LogP contribution in [-0.4, -0.2) is 66.3 Å². The summed E-state index contributed by atoms with van der Waals surface area (Å²) in [5, 5.41) is 15.4. The molecule has 0 spiro atoms. The average Bonchev–Trinajstić information content (AvgIpc) is 3.19. The van der Waals surface area contributed by atoms with Crippen LogP contribution in [0.1, 0.15) is 41.6 Å². The summed E-state index contributed by atoms with van der Waals surface area (Å²) in [7, 11) is 2.91. The molecule has 3 rings (SSSR count). The third-order valence-electron chi connectivity index (χ3n) is 5.05. The lowest BCUT2D eigenvalue weighted by atomic mass is 10.1. The number of anilines is 1. The fourth-order valence-corrected chi connectivity index (χ4v) is 4.36. The number of benzene rings is 1.